The summed E-state index contributed by atoms with van der Waals surface area (Å²) in [6.45, 7) is 6.29. The molecular weight excluding hydrogens is 376 g/mol. The molecule has 3 rings (SSSR count). The highest BCUT2D eigenvalue weighted by atomic mass is 16.5. The molecular formula is C25H34N2O3. The summed E-state index contributed by atoms with van der Waals surface area (Å²) < 4.78 is 10.7. The monoisotopic (exact) mass is 410 g/mol. The van der Waals surface area contributed by atoms with Gasteiger partial charge < -0.3 is 14.8 Å². The van der Waals surface area contributed by atoms with E-state index in [0.29, 0.717) is 19.4 Å². The normalized spacial score (nSPS) is 15.0. The molecule has 1 N–H and O–H groups in total. The summed E-state index contributed by atoms with van der Waals surface area (Å²) in [5.41, 5.74) is 3.44. The van der Waals surface area contributed by atoms with Crippen molar-refractivity contribution in [2.24, 2.45) is 5.92 Å². The fourth-order valence-electron chi connectivity index (χ4n) is 3.86. The van der Waals surface area contributed by atoms with Gasteiger partial charge in [0.05, 0.1) is 14.2 Å². The first-order valence-corrected chi connectivity index (χ1v) is 10.8. The van der Waals surface area contributed by atoms with E-state index in [1.807, 2.05) is 18.2 Å². The Balaban J connectivity index is 1.43. The van der Waals surface area contributed by atoms with Crippen molar-refractivity contribution in [3.05, 3.63) is 59.2 Å². The minimum absolute atomic E-state index is 0.0337. The van der Waals surface area contributed by atoms with Gasteiger partial charge in [-0.3, -0.25) is 9.69 Å². The Hall–Kier alpha value is -2.53. The zero-order valence-corrected chi connectivity index (χ0v) is 18.4. The van der Waals surface area contributed by atoms with Crippen LogP contribution in [0.3, 0.4) is 0 Å². The van der Waals surface area contributed by atoms with Gasteiger partial charge in [0.1, 0.15) is 11.5 Å². The van der Waals surface area contributed by atoms with Crippen molar-refractivity contribution in [3.8, 4) is 11.5 Å². The number of rotatable bonds is 9. The zero-order chi connectivity index (χ0) is 21.3. The number of hydrogen-bond acceptors (Lipinski definition) is 4. The Bertz CT molecular complexity index is 812. The van der Waals surface area contributed by atoms with Gasteiger partial charge in [-0.2, -0.15) is 0 Å². The lowest BCUT2D eigenvalue weighted by Crippen LogP contribution is -2.32. The summed E-state index contributed by atoms with van der Waals surface area (Å²) in [5.74, 6) is 2.44. The average Bonchev–Trinajstić information content (AvgIpc) is 2.78. The second-order valence-corrected chi connectivity index (χ2v) is 8.23. The number of carbonyl (C=O) groups is 1. The molecule has 1 fully saturated rings. The molecule has 0 aliphatic carbocycles. The molecule has 0 aromatic heterocycles. The fourth-order valence-corrected chi connectivity index (χ4v) is 3.86. The standard InChI is InChI=1S/C25H34N2O3/c1-19-12-14-27(15-13-19)18-21-6-4-20(5-7-21)17-26-25(28)11-8-22-16-23(29-2)9-10-24(22)30-3/h4-7,9-10,16,19H,8,11-15,17-18H2,1-3H3,(H,26,28). The van der Waals surface area contributed by atoms with Crippen LogP contribution in [0.15, 0.2) is 42.5 Å². The molecule has 0 spiro atoms. The molecule has 30 heavy (non-hydrogen) atoms. The molecule has 0 bridgehead atoms. The zero-order valence-electron chi connectivity index (χ0n) is 18.4. The maximum atomic E-state index is 12.3. The van der Waals surface area contributed by atoms with Crippen LogP contribution in [-0.4, -0.2) is 38.1 Å². The number of piperidine rings is 1. The van der Waals surface area contributed by atoms with Gasteiger partial charge in [-0.15, -0.1) is 0 Å². The van der Waals surface area contributed by atoms with Crippen molar-refractivity contribution in [2.45, 2.75) is 45.7 Å². The third-order valence-corrected chi connectivity index (χ3v) is 5.90. The van der Waals surface area contributed by atoms with Gasteiger partial charge in [0, 0.05) is 19.5 Å². The largest absolute Gasteiger partial charge is 0.497 e. The first kappa shape index (κ1) is 22.2. The van der Waals surface area contributed by atoms with E-state index in [2.05, 4.69) is 41.4 Å². The van der Waals surface area contributed by atoms with Gasteiger partial charge >= 0.3 is 0 Å². The molecule has 5 heteroatoms. The van der Waals surface area contributed by atoms with E-state index in [0.717, 1.165) is 35.1 Å². The minimum Gasteiger partial charge on any atom is -0.497 e. The second kappa shape index (κ2) is 11.0. The third kappa shape index (κ3) is 6.49. The Kier molecular flexibility index (Phi) is 8.14. The quantitative estimate of drug-likeness (QED) is 0.674. The van der Waals surface area contributed by atoms with Crippen molar-refractivity contribution in [1.29, 1.82) is 0 Å². The molecule has 1 aliphatic heterocycles. The highest BCUT2D eigenvalue weighted by Crippen LogP contribution is 2.25. The second-order valence-electron chi connectivity index (χ2n) is 8.23. The maximum absolute atomic E-state index is 12.3. The van der Waals surface area contributed by atoms with Crippen LogP contribution in [0, 0.1) is 5.92 Å². The lowest BCUT2D eigenvalue weighted by Gasteiger charge is -2.30. The molecule has 0 atom stereocenters. The number of likely N-dealkylation sites (tertiary alicyclic amines) is 1. The molecule has 0 unspecified atom stereocenters. The van der Waals surface area contributed by atoms with Crippen molar-refractivity contribution >= 4 is 5.91 Å². The van der Waals surface area contributed by atoms with Crippen molar-refractivity contribution < 1.29 is 14.3 Å². The van der Waals surface area contributed by atoms with Gasteiger partial charge in [0.2, 0.25) is 5.91 Å². The molecule has 1 aliphatic rings. The number of ether oxygens (including phenoxy) is 2. The molecule has 0 radical (unpaired) electrons. The highest BCUT2D eigenvalue weighted by Gasteiger charge is 2.15. The molecule has 5 nitrogen and oxygen atoms in total. The van der Waals surface area contributed by atoms with Gasteiger partial charge in [-0.25, -0.2) is 0 Å². The SMILES string of the molecule is COc1ccc(OC)c(CCC(=O)NCc2ccc(CN3CCC(C)CC3)cc2)c1. The Labute approximate surface area is 180 Å². The Morgan fingerprint density at radius 1 is 1.03 bits per heavy atom. The van der Waals surface area contributed by atoms with Crippen LogP contribution in [0.5, 0.6) is 11.5 Å². The topological polar surface area (TPSA) is 50.8 Å². The van der Waals surface area contributed by atoms with E-state index in [-0.39, 0.29) is 5.91 Å². The summed E-state index contributed by atoms with van der Waals surface area (Å²) in [4.78, 5) is 14.8. The van der Waals surface area contributed by atoms with Gasteiger partial charge in [-0.1, -0.05) is 31.2 Å². The molecule has 1 saturated heterocycles. The van der Waals surface area contributed by atoms with E-state index >= 15 is 0 Å². The first-order valence-electron chi connectivity index (χ1n) is 10.8. The van der Waals surface area contributed by atoms with E-state index in [4.69, 9.17) is 9.47 Å². The van der Waals surface area contributed by atoms with E-state index in [1.165, 1.54) is 31.5 Å². The maximum Gasteiger partial charge on any atom is 0.220 e. The fraction of sp³-hybridized carbons (Fsp3) is 0.480. The number of benzene rings is 2. The summed E-state index contributed by atoms with van der Waals surface area (Å²) in [6.07, 6.45) is 3.62. The number of methoxy groups -OCH3 is 2. The summed E-state index contributed by atoms with van der Waals surface area (Å²) in [5, 5.41) is 3.02. The smallest absolute Gasteiger partial charge is 0.220 e. The lowest BCUT2D eigenvalue weighted by molar-refractivity contribution is -0.121. The van der Waals surface area contributed by atoms with Crippen LogP contribution in [0.1, 0.15) is 42.9 Å². The molecule has 2 aromatic carbocycles. The summed E-state index contributed by atoms with van der Waals surface area (Å²) in [7, 11) is 3.28. The van der Waals surface area contributed by atoms with Crippen molar-refractivity contribution in [2.75, 3.05) is 27.3 Å². The van der Waals surface area contributed by atoms with Crippen LogP contribution in [0.2, 0.25) is 0 Å². The molecule has 0 saturated carbocycles. The Morgan fingerprint density at radius 3 is 2.40 bits per heavy atom. The minimum atomic E-state index is 0.0337. The summed E-state index contributed by atoms with van der Waals surface area (Å²) in [6, 6.07) is 14.3. The van der Waals surface area contributed by atoms with Gasteiger partial charge in [0.15, 0.2) is 0 Å². The highest BCUT2D eigenvalue weighted by molar-refractivity contribution is 5.76. The van der Waals surface area contributed by atoms with E-state index in [9.17, 15) is 4.79 Å². The van der Waals surface area contributed by atoms with Crippen molar-refractivity contribution in [1.82, 2.24) is 10.2 Å². The van der Waals surface area contributed by atoms with Crippen molar-refractivity contribution in [3.63, 3.8) is 0 Å². The molecule has 2 aromatic rings. The number of amides is 1. The van der Waals surface area contributed by atoms with Crippen LogP contribution < -0.4 is 14.8 Å². The van der Waals surface area contributed by atoms with Crippen LogP contribution in [-0.2, 0) is 24.3 Å². The predicted molar refractivity (Wildman–Crippen MR) is 120 cm³/mol. The van der Waals surface area contributed by atoms with Crippen LogP contribution in [0.4, 0.5) is 0 Å². The van der Waals surface area contributed by atoms with Gasteiger partial charge in [0.25, 0.3) is 0 Å². The average molecular weight is 411 g/mol. The Morgan fingerprint density at radius 2 is 1.73 bits per heavy atom. The number of nitrogens with one attached hydrogen (secondary N) is 1. The third-order valence-electron chi connectivity index (χ3n) is 5.90. The molecule has 1 amide bonds. The van der Waals surface area contributed by atoms with Gasteiger partial charge in [-0.05, 0) is 73.2 Å². The van der Waals surface area contributed by atoms with E-state index < -0.39 is 0 Å². The predicted octanol–water partition coefficient (Wildman–Crippen LogP) is 4.18. The number of hydrogen-bond donors (Lipinski definition) is 1. The molecule has 1 heterocycles. The van der Waals surface area contributed by atoms with Crippen LogP contribution >= 0.6 is 0 Å². The summed E-state index contributed by atoms with van der Waals surface area (Å²) >= 11 is 0. The number of aryl methyl sites for hydroxylation is 1. The van der Waals surface area contributed by atoms with Crippen LogP contribution in [0.25, 0.3) is 0 Å². The van der Waals surface area contributed by atoms with E-state index in [1.54, 1.807) is 14.2 Å². The lowest BCUT2D eigenvalue weighted by atomic mass is 9.99. The molecule has 162 valence electrons. The number of carbonyl (C=O) groups excluding carboxylic acids is 1. The first-order chi connectivity index (χ1) is 14.6. The number of nitrogens with zero attached hydrogens (tertiary/aromatic N) is 1.